The summed E-state index contributed by atoms with van der Waals surface area (Å²) in [6.07, 6.45) is 0.989. The molecular weight excluding hydrogens is 208 g/mol. The number of rotatable bonds is 1. The van der Waals surface area contributed by atoms with E-state index in [1.807, 2.05) is 0 Å². The lowest BCUT2D eigenvalue weighted by atomic mass is 9.89. The third-order valence-corrected chi connectivity index (χ3v) is 2.56. The van der Waals surface area contributed by atoms with E-state index < -0.39 is 17.8 Å². The van der Waals surface area contributed by atoms with E-state index in [-0.39, 0.29) is 12.1 Å². The molecule has 1 fully saturated rings. The van der Waals surface area contributed by atoms with E-state index in [2.05, 4.69) is 5.32 Å². The number of hydrogen-bond acceptors (Lipinski definition) is 4. The van der Waals surface area contributed by atoms with Crippen LogP contribution in [0, 0.1) is 0 Å². The second-order valence-corrected chi connectivity index (χ2v) is 5.39. The Balaban J connectivity index is 2.39. The highest BCUT2D eigenvalue weighted by atomic mass is 16.6. The number of amides is 1. The number of ether oxygens (including phenoxy) is 1. The molecule has 16 heavy (non-hydrogen) atoms. The molecule has 0 aromatic heterocycles. The first kappa shape index (κ1) is 13.3. The van der Waals surface area contributed by atoms with Crippen molar-refractivity contribution in [3.63, 3.8) is 0 Å². The van der Waals surface area contributed by atoms with E-state index >= 15 is 0 Å². The van der Waals surface area contributed by atoms with Gasteiger partial charge in [0.2, 0.25) is 0 Å². The van der Waals surface area contributed by atoms with Gasteiger partial charge >= 0.3 is 6.09 Å². The molecule has 0 spiro atoms. The van der Waals surface area contributed by atoms with Crippen molar-refractivity contribution in [3.05, 3.63) is 0 Å². The van der Waals surface area contributed by atoms with Crippen molar-refractivity contribution < 1.29 is 14.6 Å². The third-order valence-electron chi connectivity index (χ3n) is 2.56. The van der Waals surface area contributed by atoms with Crippen molar-refractivity contribution >= 4 is 6.09 Å². The highest BCUT2D eigenvalue weighted by Gasteiger charge is 2.29. The molecule has 0 aromatic carbocycles. The molecule has 4 N–H and O–H groups in total. The van der Waals surface area contributed by atoms with Crippen LogP contribution in [0.15, 0.2) is 0 Å². The average Bonchev–Trinajstić information content (AvgIpc) is 2.06. The Morgan fingerprint density at radius 1 is 1.44 bits per heavy atom. The number of alkyl carbamates (subject to hydrolysis) is 1. The number of carbonyl (C=O) groups is 1. The van der Waals surface area contributed by atoms with E-state index in [1.54, 1.807) is 20.8 Å². The molecule has 3 unspecified atom stereocenters. The maximum absolute atomic E-state index is 11.5. The summed E-state index contributed by atoms with van der Waals surface area (Å²) in [4.78, 5) is 11.5. The molecule has 0 saturated heterocycles. The molecule has 0 heterocycles. The van der Waals surface area contributed by atoms with Crippen LogP contribution in [0.1, 0.15) is 40.0 Å². The van der Waals surface area contributed by atoms with Crippen LogP contribution in [-0.4, -0.2) is 35.0 Å². The molecule has 3 atom stereocenters. The predicted molar refractivity (Wildman–Crippen MR) is 61.0 cm³/mol. The molecule has 1 aliphatic carbocycles. The summed E-state index contributed by atoms with van der Waals surface area (Å²) in [7, 11) is 0. The van der Waals surface area contributed by atoms with Crippen molar-refractivity contribution in [2.75, 3.05) is 0 Å². The Bertz CT molecular complexity index is 250. The fraction of sp³-hybridized carbons (Fsp3) is 0.909. The van der Waals surface area contributed by atoms with Crippen LogP contribution in [0.3, 0.4) is 0 Å². The van der Waals surface area contributed by atoms with Crippen LogP contribution in [0.25, 0.3) is 0 Å². The van der Waals surface area contributed by atoms with Crippen molar-refractivity contribution in [1.82, 2.24) is 5.32 Å². The van der Waals surface area contributed by atoms with Gasteiger partial charge in [-0.1, -0.05) is 0 Å². The van der Waals surface area contributed by atoms with Gasteiger partial charge in [0.1, 0.15) is 5.60 Å². The number of aliphatic hydroxyl groups is 1. The zero-order chi connectivity index (χ0) is 12.3. The summed E-state index contributed by atoms with van der Waals surface area (Å²) in [5.74, 6) is 0. The van der Waals surface area contributed by atoms with Gasteiger partial charge in [0.15, 0.2) is 0 Å². The van der Waals surface area contributed by atoms with Crippen LogP contribution in [0.2, 0.25) is 0 Å². The van der Waals surface area contributed by atoms with E-state index in [1.165, 1.54) is 0 Å². The van der Waals surface area contributed by atoms with Gasteiger partial charge < -0.3 is 20.9 Å². The largest absolute Gasteiger partial charge is 0.444 e. The Morgan fingerprint density at radius 3 is 2.56 bits per heavy atom. The normalized spacial score (nSPS) is 30.9. The minimum Gasteiger partial charge on any atom is -0.444 e. The van der Waals surface area contributed by atoms with Crippen LogP contribution in [0.4, 0.5) is 4.79 Å². The fourth-order valence-corrected chi connectivity index (χ4v) is 1.81. The predicted octanol–water partition coefficient (Wildman–Crippen LogP) is 0.752. The number of carbonyl (C=O) groups excluding carboxylic acids is 1. The first-order valence-electron chi connectivity index (χ1n) is 5.71. The van der Waals surface area contributed by atoms with Crippen LogP contribution >= 0.6 is 0 Å². The number of nitrogens with two attached hydrogens (primary N) is 1. The molecule has 0 aliphatic heterocycles. The third kappa shape index (κ3) is 4.37. The monoisotopic (exact) mass is 230 g/mol. The maximum Gasteiger partial charge on any atom is 0.407 e. The van der Waals surface area contributed by atoms with Crippen molar-refractivity contribution in [2.24, 2.45) is 5.73 Å². The van der Waals surface area contributed by atoms with E-state index in [4.69, 9.17) is 10.5 Å². The number of hydrogen-bond donors (Lipinski definition) is 3. The van der Waals surface area contributed by atoms with Gasteiger partial charge in [0.25, 0.3) is 0 Å². The molecule has 1 amide bonds. The van der Waals surface area contributed by atoms with Gasteiger partial charge in [-0.2, -0.15) is 0 Å². The Morgan fingerprint density at radius 2 is 2.06 bits per heavy atom. The summed E-state index contributed by atoms with van der Waals surface area (Å²) in [6.45, 7) is 5.42. The van der Waals surface area contributed by atoms with Gasteiger partial charge in [-0.15, -0.1) is 0 Å². The number of aliphatic hydroxyl groups excluding tert-OH is 1. The summed E-state index contributed by atoms with van der Waals surface area (Å²) < 4.78 is 5.12. The van der Waals surface area contributed by atoms with Crippen molar-refractivity contribution in [1.29, 1.82) is 0 Å². The van der Waals surface area contributed by atoms with E-state index in [9.17, 15) is 9.90 Å². The van der Waals surface area contributed by atoms with Crippen LogP contribution in [-0.2, 0) is 4.74 Å². The smallest absolute Gasteiger partial charge is 0.407 e. The molecule has 5 nitrogen and oxygen atoms in total. The first-order valence-corrected chi connectivity index (χ1v) is 5.71. The zero-order valence-corrected chi connectivity index (χ0v) is 10.2. The molecule has 0 aromatic rings. The van der Waals surface area contributed by atoms with Gasteiger partial charge in [-0.25, -0.2) is 4.79 Å². The minimum atomic E-state index is -0.573. The first-order chi connectivity index (χ1) is 7.28. The van der Waals surface area contributed by atoms with Crippen molar-refractivity contribution in [3.8, 4) is 0 Å². The van der Waals surface area contributed by atoms with E-state index in [0.717, 1.165) is 6.42 Å². The van der Waals surface area contributed by atoms with Gasteiger partial charge in [-0.3, -0.25) is 0 Å². The highest BCUT2D eigenvalue weighted by molar-refractivity contribution is 5.68. The zero-order valence-electron chi connectivity index (χ0n) is 10.2. The molecule has 0 radical (unpaired) electrons. The van der Waals surface area contributed by atoms with Crippen LogP contribution in [0.5, 0.6) is 0 Å². The number of nitrogens with one attached hydrogen (secondary N) is 1. The summed E-state index contributed by atoms with van der Waals surface area (Å²) in [5, 5.41) is 12.4. The summed E-state index contributed by atoms with van der Waals surface area (Å²) in [5.41, 5.74) is 5.20. The lowest BCUT2D eigenvalue weighted by molar-refractivity contribution is 0.0345. The molecule has 5 heteroatoms. The van der Waals surface area contributed by atoms with Gasteiger partial charge in [0.05, 0.1) is 12.1 Å². The second-order valence-electron chi connectivity index (χ2n) is 5.39. The topological polar surface area (TPSA) is 84.6 Å². The standard InChI is InChI=1S/C11H22N2O3/c1-11(2,3)16-10(15)13-8-5-4-7(12)6-9(8)14/h7-9,14H,4-6,12H2,1-3H3,(H,13,15). The van der Waals surface area contributed by atoms with Gasteiger partial charge in [-0.05, 0) is 40.0 Å². The van der Waals surface area contributed by atoms with Gasteiger partial charge in [0, 0.05) is 6.04 Å². The summed E-state index contributed by atoms with van der Waals surface area (Å²) in [6, 6.07) is -0.207. The molecule has 94 valence electrons. The quantitative estimate of drug-likeness (QED) is 0.620. The molecule has 1 aliphatic rings. The van der Waals surface area contributed by atoms with Crippen molar-refractivity contribution in [2.45, 2.75) is 63.8 Å². The lowest BCUT2D eigenvalue weighted by Crippen LogP contribution is -2.50. The lowest BCUT2D eigenvalue weighted by Gasteiger charge is -2.32. The minimum absolute atomic E-state index is 0.0340. The molecule has 0 bridgehead atoms. The molecule has 1 saturated carbocycles. The SMILES string of the molecule is CC(C)(C)OC(=O)NC1CCC(N)CC1O. The Hall–Kier alpha value is -0.810. The highest BCUT2D eigenvalue weighted by Crippen LogP contribution is 2.18. The fourth-order valence-electron chi connectivity index (χ4n) is 1.81. The Kier molecular flexibility index (Phi) is 4.15. The van der Waals surface area contributed by atoms with E-state index in [0.29, 0.717) is 12.8 Å². The average molecular weight is 230 g/mol. The Labute approximate surface area is 96.3 Å². The summed E-state index contributed by atoms with van der Waals surface area (Å²) >= 11 is 0. The van der Waals surface area contributed by atoms with Crippen LogP contribution < -0.4 is 11.1 Å². The molecule has 1 rings (SSSR count). The second kappa shape index (κ2) is 5.01. The molecular formula is C11H22N2O3. The maximum atomic E-state index is 11.5.